The second-order valence-corrected chi connectivity index (χ2v) is 6.67. The summed E-state index contributed by atoms with van der Waals surface area (Å²) in [7, 11) is -3.77. The van der Waals surface area contributed by atoms with Crippen molar-refractivity contribution in [1.29, 1.82) is 0 Å². The molecular weight excluding hydrogens is 340 g/mol. The van der Waals surface area contributed by atoms with E-state index in [1.54, 1.807) is 42.5 Å². The number of aromatic hydroxyl groups is 1. The van der Waals surface area contributed by atoms with Gasteiger partial charge in [-0.3, -0.25) is 4.99 Å². The van der Waals surface area contributed by atoms with Crippen molar-refractivity contribution in [3.8, 4) is 5.75 Å². The monoisotopic (exact) mass is 354 g/mol. The largest absolute Gasteiger partial charge is 0.507 e. The zero-order valence-electron chi connectivity index (χ0n) is 12.9. The molecule has 0 fully saturated rings. The Kier molecular flexibility index (Phi) is 4.71. The first kappa shape index (κ1) is 16.6. The molecule has 0 saturated carbocycles. The number of nitrogens with zero attached hydrogens (tertiary/aromatic N) is 3. The van der Waals surface area contributed by atoms with Gasteiger partial charge < -0.3 is 5.11 Å². The van der Waals surface area contributed by atoms with Gasteiger partial charge in [-0.25, -0.2) is 23.1 Å². The Bertz CT molecular complexity index is 988. The number of sulfonamides is 1. The van der Waals surface area contributed by atoms with Gasteiger partial charge in [0.15, 0.2) is 0 Å². The van der Waals surface area contributed by atoms with E-state index in [1.165, 1.54) is 30.7 Å². The van der Waals surface area contributed by atoms with Crippen LogP contribution in [-0.4, -0.2) is 29.7 Å². The first-order valence-corrected chi connectivity index (χ1v) is 8.75. The number of para-hydroxylation sites is 1. The second-order valence-electron chi connectivity index (χ2n) is 4.99. The van der Waals surface area contributed by atoms with Crippen LogP contribution in [-0.2, 0) is 10.0 Å². The molecule has 0 saturated heterocycles. The molecule has 0 atom stereocenters. The van der Waals surface area contributed by atoms with Crippen molar-refractivity contribution < 1.29 is 13.5 Å². The average Bonchev–Trinajstić information content (AvgIpc) is 2.62. The van der Waals surface area contributed by atoms with Gasteiger partial charge in [0, 0.05) is 24.2 Å². The molecule has 0 aliphatic heterocycles. The number of phenols is 1. The van der Waals surface area contributed by atoms with Crippen molar-refractivity contribution in [3.05, 3.63) is 72.6 Å². The van der Waals surface area contributed by atoms with Gasteiger partial charge in [0.05, 0.1) is 10.6 Å². The summed E-state index contributed by atoms with van der Waals surface area (Å²) in [5, 5.41) is 9.69. The van der Waals surface area contributed by atoms with Gasteiger partial charge in [0.2, 0.25) is 5.95 Å². The molecule has 2 N–H and O–H groups in total. The highest BCUT2D eigenvalue weighted by Gasteiger charge is 2.15. The van der Waals surface area contributed by atoms with Crippen LogP contribution in [0.4, 0.5) is 11.6 Å². The van der Waals surface area contributed by atoms with Crippen molar-refractivity contribution in [2.45, 2.75) is 4.90 Å². The minimum Gasteiger partial charge on any atom is -0.507 e. The fourth-order valence-corrected chi connectivity index (χ4v) is 2.94. The van der Waals surface area contributed by atoms with Crippen molar-refractivity contribution in [2.24, 2.45) is 4.99 Å². The Morgan fingerprint density at radius 1 is 0.960 bits per heavy atom. The first-order chi connectivity index (χ1) is 12.0. The van der Waals surface area contributed by atoms with Crippen LogP contribution in [0.3, 0.4) is 0 Å². The SMILES string of the molecule is O=S(=O)(Nc1ncccn1)c1ccc(N=Cc2ccccc2O)cc1. The summed E-state index contributed by atoms with van der Waals surface area (Å²) < 4.78 is 26.8. The molecule has 0 aliphatic carbocycles. The predicted octanol–water partition coefficient (Wildman–Crippen LogP) is 2.73. The van der Waals surface area contributed by atoms with Gasteiger partial charge in [-0.15, -0.1) is 0 Å². The maximum atomic E-state index is 12.3. The van der Waals surface area contributed by atoms with Crippen molar-refractivity contribution in [1.82, 2.24) is 9.97 Å². The van der Waals surface area contributed by atoms with E-state index in [1.807, 2.05) is 0 Å². The van der Waals surface area contributed by atoms with Crippen LogP contribution in [0, 0.1) is 0 Å². The molecule has 0 aliphatic rings. The summed E-state index contributed by atoms with van der Waals surface area (Å²) in [4.78, 5) is 11.9. The summed E-state index contributed by atoms with van der Waals surface area (Å²) in [6, 6.07) is 14.4. The number of phenolic OH excluding ortho intramolecular Hbond substituents is 1. The number of rotatable bonds is 5. The molecule has 25 heavy (non-hydrogen) atoms. The van der Waals surface area contributed by atoms with E-state index in [0.29, 0.717) is 11.3 Å². The number of hydrogen-bond donors (Lipinski definition) is 2. The summed E-state index contributed by atoms with van der Waals surface area (Å²) >= 11 is 0. The third-order valence-electron chi connectivity index (χ3n) is 3.23. The van der Waals surface area contributed by atoms with Crippen LogP contribution >= 0.6 is 0 Å². The van der Waals surface area contributed by atoms with Crippen LogP contribution in [0.1, 0.15) is 5.56 Å². The molecule has 0 bridgehead atoms. The Labute approximate surface area is 144 Å². The highest BCUT2D eigenvalue weighted by molar-refractivity contribution is 7.92. The number of anilines is 1. The second kappa shape index (κ2) is 7.10. The lowest BCUT2D eigenvalue weighted by Crippen LogP contribution is -2.14. The molecule has 1 heterocycles. The van der Waals surface area contributed by atoms with Gasteiger partial charge in [-0.1, -0.05) is 12.1 Å². The van der Waals surface area contributed by atoms with E-state index in [0.717, 1.165) is 0 Å². The number of aliphatic imine (C=N–C) groups is 1. The Morgan fingerprint density at radius 2 is 1.64 bits per heavy atom. The summed E-state index contributed by atoms with van der Waals surface area (Å²) in [6.45, 7) is 0. The summed E-state index contributed by atoms with van der Waals surface area (Å²) in [6.07, 6.45) is 4.40. The highest BCUT2D eigenvalue weighted by atomic mass is 32.2. The summed E-state index contributed by atoms with van der Waals surface area (Å²) in [5.74, 6) is 0.127. The molecule has 7 nitrogen and oxygen atoms in total. The molecule has 8 heteroatoms. The molecule has 3 rings (SSSR count). The van der Waals surface area contributed by atoms with Gasteiger partial charge in [0.1, 0.15) is 5.75 Å². The number of benzene rings is 2. The first-order valence-electron chi connectivity index (χ1n) is 7.26. The zero-order chi connectivity index (χ0) is 17.7. The Hall–Kier alpha value is -3.26. The molecule has 126 valence electrons. The summed E-state index contributed by atoms with van der Waals surface area (Å²) in [5.41, 5.74) is 1.13. The van der Waals surface area contributed by atoms with Gasteiger partial charge in [-0.05, 0) is 42.5 Å². The van der Waals surface area contributed by atoms with Crippen molar-refractivity contribution >= 4 is 27.9 Å². The minimum absolute atomic E-state index is 0.00384. The highest BCUT2D eigenvalue weighted by Crippen LogP contribution is 2.19. The molecule has 0 spiro atoms. The Morgan fingerprint density at radius 3 is 2.32 bits per heavy atom. The molecule has 0 radical (unpaired) electrons. The van der Waals surface area contributed by atoms with E-state index in [2.05, 4.69) is 19.7 Å². The van der Waals surface area contributed by atoms with Crippen LogP contribution in [0.15, 0.2) is 76.9 Å². The topological polar surface area (TPSA) is 105 Å². The predicted molar refractivity (Wildman–Crippen MR) is 94.6 cm³/mol. The van der Waals surface area contributed by atoms with E-state index in [4.69, 9.17) is 0 Å². The lowest BCUT2D eigenvalue weighted by atomic mass is 10.2. The Balaban J connectivity index is 1.77. The number of hydrogen-bond acceptors (Lipinski definition) is 6. The number of aromatic nitrogens is 2. The molecular formula is C17H14N4O3S. The molecule has 0 unspecified atom stereocenters. The van der Waals surface area contributed by atoms with Crippen molar-refractivity contribution in [2.75, 3.05) is 4.72 Å². The standard InChI is InChI=1S/C17H14N4O3S/c22-16-5-2-1-4-13(16)12-20-14-6-8-15(9-7-14)25(23,24)21-17-18-10-3-11-19-17/h1-12,22H,(H,18,19,21). The zero-order valence-corrected chi connectivity index (χ0v) is 13.8. The van der Waals surface area contributed by atoms with E-state index in [9.17, 15) is 13.5 Å². The van der Waals surface area contributed by atoms with Crippen LogP contribution < -0.4 is 4.72 Å². The van der Waals surface area contributed by atoms with E-state index >= 15 is 0 Å². The van der Waals surface area contributed by atoms with Crippen LogP contribution in [0.25, 0.3) is 0 Å². The van der Waals surface area contributed by atoms with Crippen LogP contribution in [0.5, 0.6) is 5.75 Å². The fourth-order valence-electron chi connectivity index (χ4n) is 1.98. The van der Waals surface area contributed by atoms with Crippen molar-refractivity contribution in [3.63, 3.8) is 0 Å². The van der Waals surface area contributed by atoms with E-state index in [-0.39, 0.29) is 16.6 Å². The normalized spacial score (nSPS) is 11.5. The van der Waals surface area contributed by atoms with Gasteiger partial charge in [0.25, 0.3) is 10.0 Å². The quantitative estimate of drug-likeness (QED) is 0.686. The molecule has 2 aromatic carbocycles. The molecule has 0 amide bonds. The minimum atomic E-state index is -3.77. The lowest BCUT2D eigenvalue weighted by Gasteiger charge is -2.06. The third-order valence-corrected chi connectivity index (χ3v) is 4.57. The molecule has 3 aromatic rings. The maximum absolute atomic E-state index is 12.3. The molecule has 1 aromatic heterocycles. The van der Waals surface area contributed by atoms with Gasteiger partial charge in [-0.2, -0.15) is 0 Å². The fraction of sp³-hybridized carbons (Fsp3) is 0. The number of nitrogens with one attached hydrogen (secondary N) is 1. The third kappa shape index (κ3) is 4.18. The maximum Gasteiger partial charge on any atom is 0.264 e. The van der Waals surface area contributed by atoms with E-state index < -0.39 is 10.0 Å². The average molecular weight is 354 g/mol. The smallest absolute Gasteiger partial charge is 0.264 e. The van der Waals surface area contributed by atoms with Crippen LogP contribution in [0.2, 0.25) is 0 Å². The van der Waals surface area contributed by atoms with Gasteiger partial charge >= 0.3 is 0 Å². The lowest BCUT2D eigenvalue weighted by molar-refractivity contribution is 0.474.